The molecule has 0 saturated carbocycles. The molecule has 0 saturated heterocycles. The molecule has 0 bridgehead atoms. The molecule has 2 aromatic rings. The van der Waals surface area contributed by atoms with Gasteiger partial charge in [0.05, 0.1) is 26.4 Å². The number of benzene rings is 2. The number of nitrogen functional groups attached to an aromatic ring is 1. The molecule has 1 heterocycles. The number of hydrogen-bond acceptors (Lipinski definition) is 8. The van der Waals surface area contributed by atoms with Gasteiger partial charge in [-0.1, -0.05) is 12.1 Å². The lowest BCUT2D eigenvalue weighted by atomic mass is 10.3. The molecule has 0 aliphatic carbocycles. The highest BCUT2D eigenvalue weighted by Gasteiger charge is 2.08. The Morgan fingerprint density at radius 3 is 1.36 bits per heavy atom. The van der Waals surface area contributed by atoms with Crippen molar-refractivity contribution in [3.05, 3.63) is 42.5 Å². The molecule has 0 spiro atoms. The summed E-state index contributed by atoms with van der Waals surface area (Å²) >= 11 is 0. The number of anilines is 1. The summed E-state index contributed by atoms with van der Waals surface area (Å²) in [7, 11) is 1.50. The summed E-state index contributed by atoms with van der Waals surface area (Å²) in [6, 6.07) is 12.8. The number of hydrogen-bond donors (Lipinski definition) is 2. The Balaban J connectivity index is -0.00000146. The molecular formula is C21H34Cl4N2O6. The van der Waals surface area contributed by atoms with Crippen molar-refractivity contribution in [2.45, 2.75) is 0 Å². The Kier molecular flexibility index (Phi) is 24.3. The van der Waals surface area contributed by atoms with Crippen LogP contribution in [0.15, 0.2) is 42.5 Å². The minimum atomic E-state index is 0. The zero-order valence-corrected chi connectivity index (χ0v) is 21.7. The van der Waals surface area contributed by atoms with Gasteiger partial charge in [0.1, 0.15) is 26.4 Å². The van der Waals surface area contributed by atoms with E-state index in [0.29, 0.717) is 81.5 Å². The van der Waals surface area contributed by atoms with Gasteiger partial charge in [-0.2, -0.15) is 0 Å². The van der Waals surface area contributed by atoms with E-state index >= 15 is 0 Å². The topological polar surface area (TPSA) is 107 Å². The average Bonchev–Trinajstić information content (AvgIpc) is 2.75. The van der Waals surface area contributed by atoms with Crippen molar-refractivity contribution in [1.29, 1.82) is 0 Å². The normalized spacial score (nSPS) is 13.9. The summed E-state index contributed by atoms with van der Waals surface area (Å²) in [5.41, 5.74) is 11.0. The van der Waals surface area contributed by atoms with Crippen molar-refractivity contribution in [1.82, 2.24) is 0 Å². The van der Waals surface area contributed by atoms with E-state index in [1.807, 2.05) is 24.3 Å². The number of rotatable bonds is 0. The van der Waals surface area contributed by atoms with Crippen LogP contribution in [0.25, 0.3) is 0 Å². The molecule has 0 aromatic heterocycles. The zero-order chi connectivity index (χ0) is 20.7. The van der Waals surface area contributed by atoms with Crippen LogP contribution in [0.5, 0.6) is 23.0 Å². The van der Waals surface area contributed by atoms with E-state index in [1.165, 1.54) is 7.05 Å². The van der Waals surface area contributed by atoms with E-state index < -0.39 is 0 Å². The van der Waals surface area contributed by atoms with Gasteiger partial charge in [-0.15, -0.1) is 49.6 Å². The van der Waals surface area contributed by atoms with Gasteiger partial charge in [0.25, 0.3) is 0 Å². The van der Waals surface area contributed by atoms with E-state index in [2.05, 4.69) is 5.73 Å². The fourth-order valence-corrected chi connectivity index (χ4v) is 2.49. The van der Waals surface area contributed by atoms with Gasteiger partial charge in [0, 0.05) is 11.8 Å². The van der Waals surface area contributed by atoms with Crippen LogP contribution in [0.4, 0.5) is 5.69 Å². The van der Waals surface area contributed by atoms with Crippen molar-refractivity contribution >= 4 is 55.3 Å². The minimum Gasteiger partial charge on any atom is -0.487 e. The van der Waals surface area contributed by atoms with Crippen LogP contribution in [-0.2, 0) is 9.47 Å². The van der Waals surface area contributed by atoms with Crippen molar-refractivity contribution in [2.75, 3.05) is 65.6 Å². The molecule has 1 aliphatic rings. The second kappa shape index (κ2) is 22.3. The minimum absolute atomic E-state index is 0. The van der Waals surface area contributed by atoms with E-state index in [9.17, 15) is 0 Å². The molecule has 0 amide bonds. The van der Waals surface area contributed by atoms with Crippen molar-refractivity contribution in [3.63, 3.8) is 0 Å². The summed E-state index contributed by atoms with van der Waals surface area (Å²) in [6.07, 6.45) is 0. The number of para-hydroxylation sites is 2. The molecule has 192 valence electrons. The van der Waals surface area contributed by atoms with Crippen LogP contribution in [0, 0.1) is 0 Å². The first-order valence-corrected chi connectivity index (χ1v) is 9.56. The monoisotopic (exact) mass is 550 g/mol. The van der Waals surface area contributed by atoms with E-state index in [-0.39, 0.29) is 49.6 Å². The molecule has 8 nitrogen and oxygen atoms in total. The van der Waals surface area contributed by atoms with Crippen LogP contribution >= 0.6 is 49.6 Å². The maximum atomic E-state index is 5.85. The summed E-state index contributed by atoms with van der Waals surface area (Å²) in [5.74, 6) is 2.53. The predicted molar refractivity (Wildman–Crippen MR) is 140 cm³/mol. The largest absolute Gasteiger partial charge is 0.487 e. The highest BCUT2D eigenvalue weighted by atomic mass is 35.5. The second-order valence-corrected chi connectivity index (χ2v) is 5.77. The molecular weight excluding hydrogens is 518 g/mol. The third-order valence-electron chi connectivity index (χ3n) is 3.76. The van der Waals surface area contributed by atoms with Crippen molar-refractivity contribution in [2.24, 2.45) is 5.73 Å². The Morgan fingerprint density at radius 2 is 0.879 bits per heavy atom. The molecule has 2 aromatic carbocycles. The van der Waals surface area contributed by atoms with Crippen LogP contribution in [0.1, 0.15) is 0 Å². The Bertz CT molecular complexity index is 731. The van der Waals surface area contributed by atoms with Gasteiger partial charge < -0.3 is 39.9 Å². The lowest BCUT2D eigenvalue weighted by molar-refractivity contribution is 0.0264. The van der Waals surface area contributed by atoms with Crippen LogP contribution < -0.4 is 30.4 Å². The average molecular weight is 552 g/mol. The summed E-state index contributed by atoms with van der Waals surface area (Å²) in [6.45, 7) is 3.47. The number of halogens is 4. The third-order valence-corrected chi connectivity index (χ3v) is 3.76. The van der Waals surface area contributed by atoms with Gasteiger partial charge >= 0.3 is 0 Å². The van der Waals surface area contributed by atoms with Crippen LogP contribution in [0.3, 0.4) is 0 Å². The SMILES string of the molecule is CN.Cl.Cl.Cl.Cl.Nc1ccc2c(c1)OCCOc1ccccc1OCCOCCOCCO2. The molecule has 33 heavy (non-hydrogen) atoms. The molecule has 0 atom stereocenters. The Hall–Kier alpha value is -1.52. The molecule has 0 unspecified atom stereocenters. The van der Waals surface area contributed by atoms with Gasteiger partial charge in [-0.05, 0) is 31.3 Å². The second-order valence-electron chi connectivity index (χ2n) is 5.77. The highest BCUT2D eigenvalue weighted by molar-refractivity contribution is 5.86. The zero-order valence-electron chi connectivity index (χ0n) is 18.4. The number of fused-ring (bicyclic) bond motifs is 2. The Morgan fingerprint density at radius 1 is 0.515 bits per heavy atom. The van der Waals surface area contributed by atoms with Gasteiger partial charge in [0.2, 0.25) is 0 Å². The van der Waals surface area contributed by atoms with Gasteiger partial charge in [0.15, 0.2) is 23.0 Å². The third kappa shape index (κ3) is 13.7. The predicted octanol–water partition coefficient (Wildman–Crippen LogP) is 3.79. The van der Waals surface area contributed by atoms with E-state index in [1.54, 1.807) is 18.2 Å². The smallest absolute Gasteiger partial charge is 0.163 e. The standard InChI is InChI=1S/C20H25NO6.CH5N.4ClH/c21-16-5-6-19-20(15-16)27-14-13-26-18-4-2-1-3-17(18)24-11-9-22-7-8-23-10-12-25-19;1-2;;;;/h1-6,15H,7-14,21H2;2H2,1H3;4*1H. The van der Waals surface area contributed by atoms with Gasteiger partial charge in [-0.3, -0.25) is 0 Å². The van der Waals surface area contributed by atoms with Gasteiger partial charge in [-0.25, -0.2) is 0 Å². The number of ether oxygens (including phenoxy) is 6. The molecule has 12 heteroatoms. The molecule has 3 rings (SSSR count). The fraction of sp³-hybridized carbons (Fsp3) is 0.429. The lowest BCUT2D eigenvalue weighted by Gasteiger charge is -2.16. The van der Waals surface area contributed by atoms with Crippen LogP contribution in [0.2, 0.25) is 0 Å². The van der Waals surface area contributed by atoms with E-state index in [4.69, 9.17) is 34.2 Å². The first-order chi connectivity index (χ1) is 14.3. The van der Waals surface area contributed by atoms with Crippen molar-refractivity contribution < 1.29 is 28.4 Å². The number of nitrogens with two attached hydrogens (primary N) is 2. The maximum absolute atomic E-state index is 5.85. The quantitative estimate of drug-likeness (QED) is 0.476. The summed E-state index contributed by atoms with van der Waals surface area (Å²) < 4.78 is 34.1. The van der Waals surface area contributed by atoms with Crippen LogP contribution in [-0.4, -0.2) is 59.9 Å². The Labute approximate surface area is 220 Å². The molecule has 4 N–H and O–H groups in total. The first kappa shape index (κ1) is 36.1. The van der Waals surface area contributed by atoms with Crippen molar-refractivity contribution in [3.8, 4) is 23.0 Å². The fourth-order valence-electron chi connectivity index (χ4n) is 2.49. The molecule has 0 radical (unpaired) electrons. The van der Waals surface area contributed by atoms with E-state index in [0.717, 1.165) is 0 Å². The summed E-state index contributed by atoms with van der Waals surface area (Å²) in [5, 5.41) is 0. The summed E-state index contributed by atoms with van der Waals surface area (Å²) in [4.78, 5) is 0. The lowest BCUT2D eigenvalue weighted by Crippen LogP contribution is -2.15. The highest BCUT2D eigenvalue weighted by Crippen LogP contribution is 2.30. The molecule has 1 aliphatic heterocycles. The maximum Gasteiger partial charge on any atom is 0.163 e. The first-order valence-electron chi connectivity index (χ1n) is 9.56. The molecule has 0 fully saturated rings.